The van der Waals surface area contributed by atoms with Gasteiger partial charge in [-0.3, -0.25) is 4.79 Å². The third kappa shape index (κ3) is 2.67. The summed E-state index contributed by atoms with van der Waals surface area (Å²) < 4.78 is 19.0. The Hall–Kier alpha value is -1.88. The minimum absolute atomic E-state index is 0.00648. The molecule has 2 aromatic rings. The number of aliphatic hydroxyl groups is 1. The van der Waals surface area contributed by atoms with Crippen molar-refractivity contribution in [1.82, 2.24) is 5.32 Å². The molecule has 1 aromatic heterocycles. The summed E-state index contributed by atoms with van der Waals surface area (Å²) in [6.07, 6.45) is 1.19. The van der Waals surface area contributed by atoms with Crippen molar-refractivity contribution in [2.45, 2.75) is 32.7 Å². The zero-order valence-corrected chi connectivity index (χ0v) is 11.6. The second-order valence-corrected chi connectivity index (χ2v) is 4.76. The molecule has 2 rings (SSSR count). The van der Waals surface area contributed by atoms with Crippen LogP contribution in [0.15, 0.2) is 22.6 Å². The average Bonchev–Trinajstić information content (AvgIpc) is 2.77. The zero-order valence-electron chi connectivity index (χ0n) is 11.6. The molecule has 0 aliphatic carbocycles. The molecule has 108 valence electrons. The number of nitrogens with one attached hydrogen (secondary N) is 1. The number of furan rings is 1. The highest BCUT2D eigenvalue weighted by Gasteiger charge is 2.21. The summed E-state index contributed by atoms with van der Waals surface area (Å²) in [6, 6.07) is 4.49. The number of hydrogen-bond donors (Lipinski definition) is 2. The maximum absolute atomic E-state index is 13.6. The van der Waals surface area contributed by atoms with E-state index in [2.05, 4.69) is 5.32 Å². The van der Waals surface area contributed by atoms with E-state index in [4.69, 9.17) is 9.52 Å². The predicted molar refractivity (Wildman–Crippen MR) is 74.2 cm³/mol. The van der Waals surface area contributed by atoms with E-state index < -0.39 is 5.82 Å². The van der Waals surface area contributed by atoms with Crippen molar-refractivity contribution >= 4 is 16.9 Å². The standard InChI is InChI=1S/C15H18FNO3/c1-3-10(7-8-18)17-15(19)13-9(2)11-5-4-6-12(16)14(11)20-13/h4-6,10,18H,3,7-8H2,1-2H3,(H,17,19). The van der Waals surface area contributed by atoms with Gasteiger partial charge in [0.2, 0.25) is 0 Å². The molecule has 0 saturated carbocycles. The van der Waals surface area contributed by atoms with Crippen molar-refractivity contribution in [1.29, 1.82) is 0 Å². The van der Waals surface area contributed by atoms with Gasteiger partial charge in [0, 0.05) is 23.6 Å². The fraction of sp³-hybridized carbons (Fsp3) is 0.400. The number of carbonyl (C=O) groups is 1. The molecule has 0 radical (unpaired) electrons. The van der Waals surface area contributed by atoms with E-state index in [-0.39, 0.29) is 29.9 Å². The van der Waals surface area contributed by atoms with E-state index in [1.807, 2.05) is 6.92 Å². The number of fused-ring (bicyclic) bond motifs is 1. The normalized spacial score (nSPS) is 12.6. The van der Waals surface area contributed by atoms with E-state index >= 15 is 0 Å². The monoisotopic (exact) mass is 279 g/mol. The molecule has 1 heterocycles. The number of benzene rings is 1. The number of aliphatic hydroxyl groups excluding tert-OH is 1. The van der Waals surface area contributed by atoms with Crippen molar-refractivity contribution in [2.24, 2.45) is 0 Å². The molecule has 1 aromatic carbocycles. The maximum atomic E-state index is 13.6. The number of carbonyl (C=O) groups excluding carboxylic acids is 1. The van der Waals surface area contributed by atoms with Crippen molar-refractivity contribution in [2.75, 3.05) is 6.61 Å². The summed E-state index contributed by atoms with van der Waals surface area (Å²) >= 11 is 0. The number of amides is 1. The van der Waals surface area contributed by atoms with Gasteiger partial charge in [-0.1, -0.05) is 19.1 Å². The Kier molecular flexibility index (Phi) is 4.39. The van der Waals surface area contributed by atoms with Gasteiger partial charge in [0.25, 0.3) is 5.91 Å². The predicted octanol–water partition coefficient (Wildman–Crippen LogP) is 2.77. The van der Waals surface area contributed by atoms with Crippen LogP contribution in [-0.2, 0) is 0 Å². The van der Waals surface area contributed by atoms with Crippen LogP contribution in [0.5, 0.6) is 0 Å². The quantitative estimate of drug-likeness (QED) is 0.884. The van der Waals surface area contributed by atoms with Crippen LogP contribution in [0.4, 0.5) is 4.39 Å². The van der Waals surface area contributed by atoms with Gasteiger partial charge in [-0.15, -0.1) is 0 Å². The van der Waals surface area contributed by atoms with Crippen LogP contribution >= 0.6 is 0 Å². The van der Waals surface area contributed by atoms with Crippen molar-refractivity contribution in [3.8, 4) is 0 Å². The Morgan fingerprint density at radius 2 is 2.25 bits per heavy atom. The first-order valence-corrected chi connectivity index (χ1v) is 6.67. The fourth-order valence-corrected chi connectivity index (χ4v) is 2.21. The van der Waals surface area contributed by atoms with Crippen LogP contribution in [-0.4, -0.2) is 23.7 Å². The zero-order chi connectivity index (χ0) is 14.7. The fourth-order valence-electron chi connectivity index (χ4n) is 2.21. The van der Waals surface area contributed by atoms with Crippen molar-refractivity contribution in [3.63, 3.8) is 0 Å². The number of aryl methyl sites for hydroxylation is 1. The second kappa shape index (κ2) is 6.05. The highest BCUT2D eigenvalue weighted by molar-refractivity contribution is 5.99. The highest BCUT2D eigenvalue weighted by Crippen LogP contribution is 2.27. The third-order valence-corrected chi connectivity index (χ3v) is 3.43. The van der Waals surface area contributed by atoms with E-state index in [0.717, 1.165) is 0 Å². The van der Waals surface area contributed by atoms with Crippen LogP contribution in [0.2, 0.25) is 0 Å². The average molecular weight is 279 g/mol. The number of halogens is 1. The molecule has 0 fully saturated rings. The summed E-state index contributed by atoms with van der Waals surface area (Å²) in [5, 5.41) is 12.3. The molecule has 0 saturated heterocycles. The van der Waals surface area contributed by atoms with Gasteiger partial charge in [-0.2, -0.15) is 0 Å². The number of para-hydroxylation sites is 1. The SMILES string of the molecule is CCC(CCO)NC(=O)c1oc2c(F)cccc2c1C. The van der Waals surface area contributed by atoms with Gasteiger partial charge in [0.05, 0.1) is 0 Å². The van der Waals surface area contributed by atoms with E-state index in [0.29, 0.717) is 23.8 Å². The summed E-state index contributed by atoms with van der Waals surface area (Å²) in [4.78, 5) is 12.2. The lowest BCUT2D eigenvalue weighted by Crippen LogP contribution is -2.35. The molecule has 0 bridgehead atoms. The first-order valence-electron chi connectivity index (χ1n) is 6.67. The van der Waals surface area contributed by atoms with Gasteiger partial charge in [0.1, 0.15) is 0 Å². The topological polar surface area (TPSA) is 62.5 Å². The minimum Gasteiger partial charge on any atom is -0.448 e. The molecule has 4 nitrogen and oxygen atoms in total. The van der Waals surface area contributed by atoms with Gasteiger partial charge in [-0.05, 0) is 25.8 Å². The molecule has 2 N–H and O–H groups in total. The lowest BCUT2D eigenvalue weighted by Gasteiger charge is -2.14. The van der Waals surface area contributed by atoms with E-state index in [1.54, 1.807) is 19.1 Å². The van der Waals surface area contributed by atoms with Crippen LogP contribution in [0.1, 0.15) is 35.9 Å². The Morgan fingerprint density at radius 1 is 1.50 bits per heavy atom. The number of hydrogen-bond acceptors (Lipinski definition) is 3. The largest absolute Gasteiger partial charge is 0.448 e. The smallest absolute Gasteiger partial charge is 0.287 e. The molecule has 0 spiro atoms. The maximum Gasteiger partial charge on any atom is 0.287 e. The molecule has 1 unspecified atom stereocenters. The minimum atomic E-state index is -0.480. The van der Waals surface area contributed by atoms with E-state index in [9.17, 15) is 9.18 Å². The Balaban J connectivity index is 2.31. The van der Waals surface area contributed by atoms with Crippen LogP contribution in [0.25, 0.3) is 11.0 Å². The first kappa shape index (κ1) is 14.5. The van der Waals surface area contributed by atoms with Crippen LogP contribution in [0, 0.1) is 12.7 Å². The summed E-state index contributed by atoms with van der Waals surface area (Å²) in [5.74, 6) is -0.730. The first-order chi connectivity index (χ1) is 9.58. The van der Waals surface area contributed by atoms with Crippen LogP contribution < -0.4 is 5.32 Å². The Labute approximate surface area is 116 Å². The number of rotatable bonds is 5. The molecule has 5 heteroatoms. The van der Waals surface area contributed by atoms with Gasteiger partial charge < -0.3 is 14.8 Å². The molecular formula is C15H18FNO3. The van der Waals surface area contributed by atoms with Gasteiger partial charge >= 0.3 is 0 Å². The summed E-state index contributed by atoms with van der Waals surface area (Å²) in [7, 11) is 0. The Bertz CT molecular complexity index is 621. The lowest BCUT2D eigenvalue weighted by atomic mass is 10.1. The molecule has 20 heavy (non-hydrogen) atoms. The summed E-state index contributed by atoms with van der Waals surface area (Å²) in [6.45, 7) is 3.66. The molecule has 0 aliphatic heterocycles. The lowest BCUT2D eigenvalue weighted by molar-refractivity contribution is 0.0902. The second-order valence-electron chi connectivity index (χ2n) is 4.76. The summed E-state index contributed by atoms with van der Waals surface area (Å²) in [5.41, 5.74) is 0.723. The van der Waals surface area contributed by atoms with Gasteiger partial charge in [0.15, 0.2) is 17.2 Å². The van der Waals surface area contributed by atoms with Crippen molar-refractivity contribution in [3.05, 3.63) is 35.3 Å². The third-order valence-electron chi connectivity index (χ3n) is 3.43. The molecular weight excluding hydrogens is 261 g/mol. The Morgan fingerprint density at radius 3 is 2.85 bits per heavy atom. The van der Waals surface area contributed by atoms with Crippen molar-refractivity contribution < 1.29 is 18.7 Å². The highest BCUT2D eigenvalue weighted by atomic mass is 19.1. The van der Waals surface area contributed by atoms with Gasteiger partial charge in [-0.25, -0.2) is 4.39 Å². The van der Waals surface area contributed by atoms with Crippen LogP contribution in [0.3, 0.4) is 0 Å². The molecule has 0 aliphatic rings. The molecule has 1 amide bonds. The van der Waals surface area contributed by atoms with E-state index in [1.165, 1.54) is 6.07 Å². The molecule has 1 atom stereocenters.